The fraction of sp³-hybridized carbons (Fsp3) is 0.889. The van der Waals surface area contributed by atoms with Crippen molar-refractivity contribution in [3.8, 4) is 0 Å². The lowest BCUT2D eigenvalue weighted by Gasteiger charge is -2.09. The van der Waals surface area contributed by atoms with Gasteiger partial charge in [0.2, 0.25) is 0 Å². The van der Waals surface area contributed by atoms with E-state index in [-0.39, 0.29) is 11.9 Å². The van der Waals surface area contributed by atoms with Crippen molar-refractivity contribution in [2.24, 2.45) is 5.92 Å². The van der Waals surface area contributed by atoms with Crippen molar-refractivity contribution in [1.82, 2.24) is 0 Å². The molecule has 0 aromatic carbocycles. The molecule has 0 rings (SSSR count). The van der Waals surface area contributed by atoms with Crippen LogP contribution in [-0.2, 0) is 14.3 Å². The van der Waals surface area contributed by atoms with Crippen molar-refractivity contribution in [2.45, 2.75) is 26.7 Å². The molecule has 0 radical (unpaired) electrons. The van der Waals surface area contributed by atoms with Crippen LogP contribution in [0.2, 0.25) is 0 Å². The molecule has 0 spiro atoms. The summed E-state index contributed by atoms with van der Waals surface area (Å²) >= 11 is 0. The van der Waals surface area contributed by atoms with Gasteiger partial charge in [0.1, 0.15) is 6.61 Å². The summed E-state index contributed by atoms with van der Waals surface area (Å²) in [6.45, 7) is 4.78. The highest BCUT2D eigenvalue weighted by molar-refractivity contribution is 5.71. The zero-order valence-corrected chi connectivity index (χ0v) is 8.13. The molecule has 0 amide bonds. The first kappa shape index (κ1) is 11.4. The largest absolute Gasteiger partial charge is 0.463 e. The van der Waals surface area contributed by atoms with Gasteiger partial charge < -0.3 is 9.47 Å². The summed E-state index contributed by atoms with van der Waals surface area (Å²) in [5.41, 5.74) is 0. The van der Waals surface area contributed by atoms with Crippen molar-refractivity contribution in [2.75, 3.05) is 20.3 Å². The van der Waals surface area contributed by atoms with E-state index in [1.165, 1.54) is 0 Å². The molecule has 0 aliphatic rings. The summed E-state index contributed by atoms with van der Waals surface area (Å²) in [7, 11) is 1.59. The molecule has 0 fully saturated rings. The van der Waals surface area contributed by atoms with Gasteiger partial charge in [-0.3, -0.25) is 4.79 Å². The van der Waals surface area contributed by atoms with Gasteiger partial charge in [-0.2, -0.15) is 0 Å². The quantitative estimate of drug-likeness (QED) is 0.453. The molecule has 0 aliphatic carbocycles. The van der Waals surface area contributed by atoms with Crippen LogP contribution in [0.4, 0.5) is 0 Å². The van der Waals surface area contributed by atoms with E-state index < -0.39 is 0 Å². The lowest BCUT2D eigenvalue weighted by atomic mass is 10.1. The molecule has 0 unspecified atom stereocenters. The van der Waals surface area contributed by atoms with E-state index in [2.05, 4.69) is 6.92 Å². The molecule has 0 saturated carbocycles. The van der Waals surface area contributed by atoms with E-state index in [9.17, 15) is 4.79 Å². The number of rotatable bonds is 6. The molecule has 0 aromatic heterocycles. The number of carbonyl (C=O) groups is 1. The van der Waals surface area contributed by atoms with Gasteiger partial charge in [-0.25, -0.2) is 0 Å². The Morgan fingerprint density at radius 3 is 2.58 bits per heavy atom. The third kappa shape index (κ3) is 5.13. The third-order valence-corrected chi connectivity index (χ3v) is 1.66. The molecule has 0 bridgehead atoms. The summed E-state index contributed by atoms with van der Waals surface area (Å²) in [4.78, 5) is 11.1. The van der Waals surface area contributed by atoms with Crippen LogP contribution in [0.5, 0.6) is 0 Å². The van der Waals surface area contributed by atoms with E-state index in [1.807, 2.05) is 6.92 Å². The Kier molecular flexibility index (Phi) is 6.76. The van der Waals surface area contributed by atoms with E-state index in [0.717, 1.165) is 12.8 Å². The van der Waals surface area contributed by atoms with Crippen LogP contribution in [0, 0.1) is 5.92 Å². The van der Waals surface area contributed by atoms with Gasteiger partial charge in [0, 0.05) is 7.11 Å². The Labute approximate surface area is 74.0 Å². The maximum absolute atomic E-state index is 11.1. The Hall–Kier alpha value is -0.570. The minimum atomic E-state index is -0.117. The molecular weight excluding hydrogens is 156 g/mol. The van der Waals surface area contributed by atoms with Crippen LogP contribution in [0.1, 0.15) is 26.7 Å². The van der Waals surface area contributed by atoms with Crippen molar-refractivity contribution >= 4 is 5.97 Å². The van der Waals surface area contributed by atoms with Crippen molar-refractivity contribution in [3.63, 3.8) is 0 Å². The van der Waals surface area contributed by atoms with Crippen molar-refractivity contribution in [1.29, 1.82) is 0 Å². The van der Waals surface area contributed by atoms with Crippen LogP contribution >= 0.6 is 0 Å². The molecule has 3 nitrogen and oxygen atoms in total. The maximum Gasteiger partial charge on any atom is 0.308 e. The maximum atomic E-state index is 11.1. The van der Waals surface area contributed by atoms with Gasteiger partial charge >= 0.3 is 5.97 Å². The molecule has 1 atom stereocenters. The Bertz CT molecular complexity index is 123. The standard InChI is InChI=1S/C9H18O3/c1-4-5-8(2)9(10)12-7-6-11-3/h8H,4-7H2,1-3H3/t8-/m0/s1. The number of carbonyl (C=O) groups excluding carboxylic acids is 1. The highest BCUT2D eigenvalue weighted by atomic mass is 16.6. The van der Waals surface area contributed by atoms with Crippen LogP contribution < -0.4 is 0 Å². The number of hydrogen-bond acceptors (Lipinski definition) is 3. The minimum Gasteiger partial charge on any atom is -0.463 e. The summed E-state index contributed by atoms with van der Waals surface area (Å²) in [6, 6.07) is 0. The fourth-order valence-electron chi connectivity index (χ4n) is 0.919. The summed E-state index contributed by atoms with van der Waals surface area (Å²) in [6.07, 6.45) is 1.91. The van der Waals surface area contributed by atoms with Gasteiger partial charge in [-0.05, 0) is 6.42 Å². The summed E-state index contributed by atoms with van der Waals surface area (Å²) in [5, 5.41) is 0. The molecule has 72 valence electrons. The first-order chi connectivity index (χ1) is 5.72. The predicted octanol–water partition coefficient (Wildman–Crippen LogP) is 1.61. The van der Waals surface area contributed by atoms with E-state index >= 15 is 0 Å². The van der Waals surface area contributed by atoms with Gasteiger partial charge in [0.05, 0.1) is 12.5 Å². The zero-order valence-electron chi connectivity index (χ0n) is 8.13. The van der Waals surface area contributed by atoms with Gasteiger partial charge in [-0.15, -0.1) is 0 Å². The lowest BCUT2D eigenvalue weighted by Crippen LogP contribution is -2.17. The molecule has 12 heavy (non-hydrogen) atoms. The third-order valence-electron chi connectivity index (χ3n) is 1.66. The molecule has 3 heteroatoms. The SMILES string of the molecule is CCC[C@H](C)C(=O)OCCOC. The number of methoxy groups -OCH3 is 1. The minimum absolute atomic E-state index is 0.0202. The van der Waals surface area contributed by atoms with Crippen molar-refractivity contribution in [3.05, 3.63) is 0 Å². The Morgan fingerprint density at radius 1 is 1.42 bits per heavy atom. The average molecular weight is 174 g/mol. The molecule has 0 aromatic rings. The average Bonchev–Trinajstić information content (AvgIpc) is 2.05. The molecular formula is C9H18O3. The topological polar surface area (TPSA) is 35.5 Å². The molecule has 0 aliphatic heterocycles. The molecule has 0 N–H and O–H groups in total. The predicted molar refractivity (Wildman–Crippen MR) is 46.9 cm³/mol. The Balaban J connectivity index is 3.43. The first-order valence-electron chi connectivity index (χ1n) is 4.38. The smallest absolute Gasteiger partial charge is 0.308 e. The van der Waals surface area contributed by atoms with Gasteiger partial charge in [0.25, 0.3) is 0 Å². The van der Waals surface area contributed by atoms with Crippen LogP contribution in [0.25, 0.3) is 0 Å². The zero-order chi connectivity index (χ0) is 9.40. The van der Waals surface area contributed by atoms with Crippen LogP contribution in [-0.4, -0.2) is 26.3 Å². The van der Waals surface area contributed by atoms with E-state index in [4.69, 9.17) is 9.47 Å². The number of ether oxygens (including phenoxy) is 2. The first-order valence-corrected chi connectivity index (χ1v) is 4.38. The lowest BCUT2D eigenvalue weighted by molar-refractivity contribution is -0.149. The fourth-order valence-corrected chi connectivity index (χ4v) is 0.919. The van der Waals surface area contributed by atoms with Crippen molar-refractivity contribution < 1.29 is 14.3 Å². The summed E-state index contributed by atoms with van der Waals surface area (Å²) < 4.78 is 9.69. The normalized spacial score (nSPS) is 12.6. The van der Waals surface area contributed by atoms with Crippen LogP contribution in [0.3, 0.4) is 0 Å². The van der Waals surface area contributed by atoms with Gasteiger partial charge in [-0.1, -0.05) is 20.3 Å². The number of esters is 1. The Morgan fingerprint density at radius 2 is 2.08 bits per heavy atom. The van der Waals surface area contributed by atoms with E-state index in [0.29, 0.717) is 13.2 Å². The van der Waals surface area contributed by atoms with E-state index in [1.54, 1.807) is 7.11 Å². The van der Waals surface area contributed by atoms with Gasteiger partial charge in [0.15, 0.2) is 0 Å². The second-order valence-corrected chi connectivity index (χ2v) is 2.85. The summed E-state index contributed by atoms with van der Waals surface area (Å²) in [5.74, 6) is -0.0965. The highest BCUT2D eigenvalue weighted by Gasteiger charge is 2.12. The second-order valence-electron chi connectivity index (χ2n) is 2.85. The second kappa shape index (κ2) is 7.10. The monoisotopic (exact) mass is 174 g/mol. The molecule has 0 heterocycles. The van der Waals surface area contributed by atoms with Crippen LogP contribution in [0.15, 0.2) is 0 Å². The number of hydrogen-bond donors (Lipinski definition) is 0. The molecule has 0 saturated heterocycles. The highest BCUT2D eigenvalue weighted by Crippen LogP contribution is 2.06.